The van der Waals surface area contributed by atoms with Crippen LogP contribution < -0.4 is 10.1 Å². The van der Waals surface area contributed by atoms with E-state index in [2.05, 4.69) is 10.3 Å². The van der Waals surface area contributed by atoms with E-state index in [9.17, 15) is 9.18 Å². The number of hydrogen-bond donors (Lipinski definition) is 1. The van der Waals surface area contributed by atoms with Crippen molar-refractivity contribution in [3.8, 4) is 11.6 Å². The van der Waals surface area contributed by atoms with Gasteiger partial charge >= 0.3 is 0 Å². The van der Waals surface area contributed by atoms with Gasteiger partial charge in [-0.25, -0.2) is 9.37 Å². The third kappa shape index (κ3) is 5.55. The first-order valence-corrected chi connectivity index (χ1v) is 8.92. The Labute approximate surface area is 148 Å². The molecule has 5 heteroatoms. The fourth-order valence-electron chi connectivity index (χ4n) is 2.77. The monoisotopic (exact) mass is 344 g/mol. The van der Waals surface area contributed by atoms with E-state index in [0.29, 0.717) is 11.3 Å². The Hall–Kier alpha value is -2.43. The minimum atomic E-state index is -0.339. The maximum absolute atomic E-state index is 13.0. The highest BCUT2D eigenvalue weighted by molar-refractivity contribution is 5.96. The molecule has 1 saturated carbocycles. The molecule has 4 nitrogen and oxygen atoms in total. The third-order valence-corrected chi connectivity index (χ3v) is 3.98. The number of halogens is 1. The Morgan fingerprint density at radius 3 is 2.48 bits per heavy atom. The zero-order valence-corrected chi connectivity index (χ0v) is 14.8. The number of benzene rings is 1. The summed E-state index contributed by atoms with van der Waals surface area (Å²) < 4.78 is 18.6. The van der Waals surface area contributed by atoms with Crippen molar-refractivity contribution in [2.75, 3.05) is 0 Å². The topological polar surface area (TPSA) is 51.2 Å². The van der Waals surface area contributed by atoms with Gasteiger partial charge in [0, 0.05) is 12.2 Å². The van der Waals surface area contributed by atoms with E-state index in [0.717, 1.165) is 25.7 Å². The summed E-state index contributed by atoms with van der Waals surface area (Å²) in [7, 11) is 0. The summed E-state index contributed by atoms with van der Waals surface area (Å²) in [5.41, 5.74) is 0.391. The van der Waals surface area contributed by atoms with Gasteiger partial charge in [0.1, 0.15) is 17.1 Å². The molecule has 1 amide bonds. The Balaban J connectivity index is 0.00000109. The fraction of sp³-hybridized carbons (Fsp3) is 0.400. The number of rotatable bonds is 4. The maximum Gasteiger partial charge on any atom is 0.257 e. The van der Waals surface area contributed by atoms with Gasteiger partial charge in [0.2, 0.25) is 5.88 Å². The Morgan fingerprint density at radius 1 is 1.12 bits per heavy atom. The number of ether oxygens (including phenoxy) is 1. The van der Waals surface area contributed by atoms with Crippen LogP contribution in [0.4, 0.5) is 4.39 Å². The van der Waals surface area contributed by atoms with Crippen LogP contribution in [0.25, 0.3) is 0 Å². The van der Waals surface area contributed by atoms with Crippen LogP contribution in [0.3, 0.4) is 0 Å². The first-order chi connectivity index (χ1) is 12.2. The van der Waals surface area contributed by atoms with Gasteiger partial charge in [-0.3, -0.25) is 4.79 Å². The van der Waals surface area contributed by atoms with Gasteiger partial charge in [-0.15, -0.1) is 0 Å². The third-order valence-electron chi connectivity index (χ3n) is 3.98. The Morgan fingerprint density at radius 2 is 1.80 bits per heavy atom. The molecule has 0 spiro atoms. The zero-order chi connectivity index (χ0) is 18.1. The van der Waals surface area contributed by atoms with Crippen molar-refractivity contribution in [1.82, 2.24) is 10.3 Å². The molecule has 0 aliphatic heterocycles. The van der Waals surface area contributed by atoms with Crippen molar-refractivity contribution in [3.05, 3.63) is 54.0 Å². The van der Waals surface area contributed by atoms with E-state index >= 15 is 0 Å². The molecule has 0 bridgehead atoms. The smallest absolute Gasteiger partial charge is 0.257 e. The summed E-state index contributed by atoms with van der Waals surface area (Å²) in [6, 6.07) is 9.23. The average molecular weight is 344 g/mol. The summed E-state index contributed by atoms with van der Waals surface area (Å²) in [6.07, 6.45) is 7.13. The van der Waals surface area contributed by atoms with Gasteiger partial charge in [0.15, 0.2) is 0 Å². The van der Waals surface area contributed by atoms with Crippen molar-refractivity contribution in [1.29, 1.82) is 0 Å². The minimum absolute atomic E-state index is 0.179. The molecule has 1 aromatic carbocycles. The number of nitrogens with zero attached hydrogens (tertiary/aromatic N) is 1. The number of carbonyl (C=O) groups is 1. The predicted octanol–water partition coefficient (Wildman–Crippen LogP) is 5.10. The van der Waals surface area contributed by atoms with Crippen LogP contribution >= 0.6 is 0 Å². The summed E-state index contributed by atoms with van der Waals surface area (Å²) >= 11 is 0. The second kappa shape index (κ2) is 9.77. The van der Waals surface area contributed by atoms with E-state index < -0.39 is 0 Å². The minimum Gasteiger partial charge on any atom is -0.438 e. The van der Waals surface area contributed by atoms with E-state index in [-0.39, 0.29) is 23.6 Å². The first-order valence-electron chi connectivity index (χ1n) is 8.92. The molecular weight excluding hydrogens is 319 g/mol. The van der Waals surface area contributed by atoms with Gasteiger partial charge < -0.3 is 10.1 Å². The molecule has 0 radical (unpaired) electrons. The van der Waals surface area contributed by atoms with Crippen LogP contribution in [0.1, 0.15) is 56.3 Å². The molecule has 1 aliphatic rings. The molecule has 1 aromatic heterocycles. The Bertz CT molecular complexity index is 668. The molecule has 25 heavy (non-hydrogen) atoms. The molecule has 2 aromatic rings. The van der Waals surface area contributed by atoms with E-state index in [1.807, 2.05) is 13.8 Å². The number of carbonyl (C=O) groups excluding carboxylic acids is 1. The van der Waals surface area contributed by atoms with Crippen LogP contribution in [0.15, 0.2) is 42.6 Å². The molecule has 0 unspecified atom stereocenters. The molecule has 1 heterocycles. The Kier molecular flexibility index (Phi) is 7.38. The van der Waals surface area contributed by atoms with Gasteiger partial charge in [-0.05, 0) is 49.2 Å². The van der Waals surface area contributed by atoms with E-state index in [4.69, 9.17) is 4.74 Å². The summed E-state index contributed by atoms with van der Waals surface area (Å²) in [4.78, 5) is 16.6. The van der Waals surface area contributed by atoms with Crippen molar-refractivity contribution in [3.63, 3.8) is 0 Å². The molecule has 134 valence electrons. The number of aromatic nitrogens is 1. The average Bonchev–Trinajstić information content (AvgIpc) is 2.66. The molecule has 0 saturated heterocycles. The maximum atomic E-state index is 13.0. The van der Waals surface area contributed by atoms with Crippen LogP contribution in [0, 0.1) is 5.82 Å². The highest BCUT2D eigenvalue weighted by Gasteiger charge is 2.20. The standard InChI is InChI=1S/C18H19FN2O2.C2H6/c19-13-8-10-15(11-9-13)23-18-16(7-4-12-20-18)17(22)21-14-5-2-1-3-6-14;1-2/h4,7-12,14H,1-3,5-6H2,(H,21,22);1-2H3. The zero-order valence-electron chi connectivity index (χ0n) is 14.8. The second-order valence-corrected chi connectivity index (χ2v) is 5.72. The lowest BCUT2D eigenvalue weighted by Gasteiger charge is -2.23. The molecule has 0 atom stereocenters. The number of pyridine rings is 1. The van der Waals surface area contributed by atoms with Crippen molar-refractivity contribution < 1.29 is 13.9 Å². The predicted molar refractivity (Wildman–Crippen MR) is 96.4 cm³/mol. The lowest BCUT2D eigenvalue weighted by molar-refractivity contribution is 0.0924. The molecular formula is C20H25FN2O2. The molecule has 1 fully saturated rings. The second-order valence-electron chi connectivity index (χ2n) is 5.72. The fourth-order valence-corrected chi connectivity index (χ4v) is 2.77. The van der Waals surface area contributed by atoms with Crippen LogP contribution in [0.2, 0.25) is 0 Å². The van der Waals surface area contributed by atoms with Crippen LogP contribution in [0.5, 0.6) is 11.6 Å². The normalized spacial score (nSPS) is 14.2. The lowest BCUT2D eigenvalue weighted by atomic mass is 9.95. The largest absolute Gasteiger partial charge is 0.438 e. The molecule has 1 aliphatic carbocycles. The van der Waals surface area contributed by atoms with Gasteiger partial charge in [-0.2, -0.15) is 0 Å². The van der Waals surface area contributed by atoms with Gasteiger partial charge in [0.25, 0.3) is 5.91 Å². The van der Waals surface area contributed by atoms with Crippen molar-refractivity contribution >= 4 is 5.91 Å². The number of amides is 1. The quantitative estimate of drug-likeness (QED) is 0.839. The SMILES string of the molecule is CC.O=C(NC1CCCCC1)c1cccnc1Oc1ccc(F)cc1. The number of nitrogens with one attached hydrogen (secondary N) is 1. The summed E-state index contributed by atoms with van der Waals surface area (Å²) in [6.45, 7) is 4.00. The van der Waals surface area contributed by atoms with E-state index in [1.165, 1.54) is 30.7 Å². The highest BCUT2D eigenvalue weighted by Crippen LogP contribution is 2.24. The van der Waals surface area contributed by atoms with Gasteiger partial charge in [0.05, 0.1) is 0 Å². The molecule has 1 N–H and O–H groups in total. The first kappa shape index (κ1) is 18.9. The summed E-state index contributed by atoms with van der Waals surface area (Å²) in [5.74, 6) is 0.153. The van der Waals surface area contributed by atoms with Crippen molar-refractivity contribution in [2.45, 2.75) is 52.0 Å². The van der Waals surface area contributed by atoms with Crippen LogP contribution in [-0.4, -0.2) is 16.9 Å². The van der Waals surface area contributed by atoms with Gasteiger partial charge in [-0.1, -0.05) is 33.1 Å². The van der Waals surface area contributed by atoms with E-state index in [1.54, 1.807) is 18.3 Å². The number of hydrogen-bond acceptors (Lipinski definition) is 3. The lowest BCUT2D eigenvalue weighted by Crippen LogP contribution is -2.36. The molecule has 3 rings (SSSR count). The summed E-state index contributed by atoms with van der Waals surface area (Å²) in [5, 5.41) is 3.05. The van der Waals surface area contributed by atoms with Crippen molar-refractivity contribution in [2.24, 2.45) is 0 Å². The highest BCUT2D eigenvalue weighted by atomic mass is 19.1. The van der Waals surface area contributed by atoms with Crippen LogP contribution in [-0.2, 0) is 0 Å².